The molecule has 4 heteroatoms. The molecule has 3 aromatic carbocycles. The fourth-order valence-electron chi connectivity index (χ4n) is 5.51. The highest BCUT2D eigenvalue weighted by atomic mass is 32.1. The van der Waals surface area contributed by atoms with Crippen LogP contribution in [-0.2, 0) is 16.8 Å². The lowest BCUT2D eigenvalue weighted by atomic mass is 9.59. The molecule has 0 N–H and O–H groups in total. The number of benzene rings is 3. The molecule has 1 spiro atoms. The van der Waals surface area contributed by atoms with Crippen molar-refractivity contribution in [2.45, 2.75) is 24.3 Å². The summed E-state index contributed by atoms with van der Waals surface area (Å²) >= 11 is 1.63. The van der Waals surface area contributed by atoms with Crippen molar-refractivity contribution < 1.29 is 9.59 Å². The number of thiophene rings is 1. The van der Waals surface area contributed by atoms with Gasteiger partial charge in [0.15, 0.2) is 5.78 Å². The number of para-hydroxylation sites is 1. The first-order valence-electron chi connectivity index (χ1n) is 10.8. The number of ketones is 1. The molecule has 4 aromatic rings. The first kappa shape index (κ1) is 19.2. The standard InChI is InChI=1S/C28H21NO2S/c30-25-17-23(26-15-8-16-32-26)28(21-12-5-4-11-20(21)25)22-13-6-7-14-24(22)29(27(28)31)18-19-9-2-1-3-10-19/h1-16,23H,17-18H2/t23-,28-/m1/s1. The van der Waals surface area contributed by atoms with Gasteiger partial charge in [-0.1, -0.05) is 78.9 Å². The first-order valence-corrected chi connectivity index (χ1v) is 11.7. The van der Waals surface area contributed by atoms with Crippen LogP contribution in [0, 0.1) is 0 Å². The average Bonchev–Trinajstić information content (AvgIpc) is 3.45. The van der Waals surface area contributed by atoms with E-state index in [1.54, 1.807) is 11.3 Å². The highest BCUT2D eigenvalue weighted by molar-refractivity contribution is 7.10. The molecule has 6 rings (SSSR count). The van der Waals surface area contributed by atoms with Gasteiger partial charge in [-0.05, 0) is 34.2 Å². The van der Waals surface area contributed by atoms with E-state index in [2.05, 4.69) is 24.3 Å². The maximum Gasteiger partial charge on any atom is 0.243 e. The molecule has 2 aliphatic rings. The summed E-state index contributed by atoms with van der Waals surface area (Å²) in [5.41, 5.74) is 3.63. The van der Waals surface area contributed by atoms with Gasteiger partial charge in [-0.25, -0.2) is 0 Å². The second kappa shape index (κ2) is 7.28. The molecule has 0 saturated carbocycles. The van der Waals surface area contributed by atoms with Crippen LogP contribution in [0.3, 0.4) is 0 Å². The van der Waals surface area contributed by atoms with Crippen molar-refractivity contribution in [3.05, 3.63) is 124 Å². The highest BCUT2D eigenvalue weighted by Crippen LogP contribution is 2.58. The molecule has 0 bridgehead atoms. The number of carbonyl (C=O) groups excluding carboxylic acids is 2. The third kappa shape index (κ3) is 2.59. The Bertz CT molecular complexity index is 1330. The summed E-state index contributed by atoms with van der Waals surface area (Å²) in [5, 5.41) is 2.03. The summed E-state index contributed by atoms with van der Waals surface area (Å²) in [6, 6.07) is 30.0. The van der Waals surface area contributed by atoms with Crippen LogP contribution in [0.5, 0.6) is 0 Å². The molecule has 0 unspecified atom stereocenters. The molecule has 0 fully saturated rings. The van der Waals surface area contributed by atoms with Gasteiger partial charge in [0.1, 0.15) is 5.41 Å². The Morgan fingerprint density at radius 3 is 2.31 bits per heavy atom. The monoisotopic (exact) mass is 435 g/mol. The molecular formula is C28H21NO2S. The van der Waals surface area contributed by atoms with Crippen molar-refractivity contribution in [3.8, 4) is 0 Å². The van der Waals surface area contributed by atoms with Gasteiger partial charge < -0.3 is 4.90 Å². The summed E-state index contributed by atoms with van der Waals surface area (Å²) in [4.78, 5) is 30.7. The van der Waals surface area contributed by atoms with Crippen LogP contribution >= 0.6 is 11.3 Å². The minimum Gasteiger partial charge on any atom is -0.307 e. The highest BCUT2D eigenvalue weighted by Gasteiger charge is 2.60. The van der Waals surface area contributed by atoms with Gasteiger partial charge in [0.25, 0.3) is 0 Å². The maximum atomic E-state index is 14.5. The lowest BCUT2D eigenvalue weighted by Crippen LogP contribution is -2.48. The number of Topliss-reactive ketones (excluding diaryl/α,β-unsaturated/α-hetero) is 1. The maximum absolute atomic E-state index is 14.5. The van der Waals surface area contributed by atoms with E-state index in [1.807, 2.05) is 77.0 Å². The summed E-state index contributed by atoms with van der Waals surface area (Å²) in [5.74, 6) is -0.0587. The quantitative estimate of drug-likeness (QED) is 0.399. The zero-order valence-corrected chi connectivity index (χ0v) is 18.2. The molecule has 2 atom stereocenters. The molecule has 3 nitrogen and oxygen atoms in total. The molecule has 1 amide bonds. The topological polar surface area (TPSA) is 37.4 Å². The van der Waals surface area contributed by atoms with E-state index in [4.69, 9.17) is 0 Å². The van der Waals surface area contributed by atoms with E-state index < -0.39 is 5.41 Å². The van der Waals surface area contributed by atoms with Crippen molar-refractivity contribution in [3.63, 3.8) is 0 Å². The Morgan fingerprint density at radius 1 is 0.812 bits per heavy atom. The molecule has 1 aromatic heterocycles. The Hall–Kier alpha value is -3.50. The lowest BCUT2D eigenvalue weighted by molar-refractivity contribution is -0.122. The molecule has 0 radical (unpaired) electrons. The zero-order valence-electron chi connectivity index (χ0n) is 17.4. The second-order valence-electron chi connectivity index (χ2n) is 8.44. The predicted octanol–water partition coefficient (Wildman–Crippen LogP) is 5.95. The summed E-state index contributed by atoms with van der Waals surface area (Å²) < 4.78 is 0. The van der Waals surface area contributed by atoms with Gasteiger partial charge in [0.2, 0.25) is 5.91 Å². The average molecular weight is 436 g/mol. The van der Waals surface area contributed by atoms with E-state index in [9.17, 15) is 9.59 Å². The lowest BCUT2D eigenvalue weighted by Gasteiger charge is -2.41. The van der Waals surface area contributed by atoms with E-state index in [1.165, 1.54) is 0 Å². The van der Waals surface area contributed by atoms with E-state index >= 15 is 0 Å². The van der Waals surface area contributed by atoms with Crippen molar-refractivity contribution in [2.24, 2.45) is 0 Å². The van der Waals surface area contributed by atoms with Crippen LogP contribution in [0.25, 0.3) is 0 Å². The van der Waals surface area contributed by atoms with Gasteiger partial charge in [-0.15, -0.1) is 11.3 Å². The van der Waals surface area contributed by atoms with Crippen molar-refractivity contribution >= 4 is 28.7 Å². The summed E-state index contributed by atoms with van der Waals surface area (Å²) in [6.07, 6.45) is 0.330. The van der Waals surface area contributed by atoms with Crippen LogP contribution in [0.4, 0.5) is 5.69 Å². The van der Waals surface area contributed by atoms with Gasteiger partial charge in [-0.2, -0.15) is 0 Å². The Morgan fingerprint density at radius 2 is 1.53 bits per heavy atom. The normalized spacial score (nSPS) is 21.6. The number of carbonyl (C=O) groups is 2. The minimum absolute atomic E-state index is 0.0564. The van der Waals surface area contributed by atoms with Crippen molar-refractivity contribution in [1.82, 2.24) is 0 Å². The predicted molar refractivity (Wildman–Crippen MR) is 127 cm³/mol. The van der Waals surface area contributed by atoms with Crippen LogP contribution < -0.4 is 4.90 Å². The Kier molecular flexibility index (Phi) is 4.37. The van der Waals surface area contributed by atoms with E-state index in [0.717, 1.165) is 27.3 Å². The second-order valence-corrected chi connectivity index (χ2v) is 9.42. The van der Waals surface area contributed by atoms with Crippen LogP contribution in [0.15, 0.2) is 96.4 Å². The smallest absolute Gasteiger partial charge is 0.243 e. The summed E-state index contributed by atoms with van der Waals surface area (Å²) in [6.45, 7) is 0.506. The number of fused-ring (bicyclic) bond motifs is 4. The third-order valence-corrected chi connectivity index (χ3v) is 7.82. The van der Waals surface area contributed by atoms with Gasteiger partial charge in [0, 0.05) is 28.5 Å². The molecule has 1 aliphatic carbocycles. The number of anilines is 1. The van der Waals surface area contributed by atoms with E-state index in [-0.39, 0.29) is 17.6 Å². The van der Waals surface area contributed by atoms with Crippen LogP contribution in [-0.4, -0.2) is 11.7 Å². The number of nitrogens with zero attached hydrogens (tertiary/aromatic N) is 1. The number of hydrogen-bond donors (Lipinski definition) is 0. The van der Waals surface area contributed by atoms with Crippen LogP contribution in [0.1, 0.15) is 44.3 Å². The fourth-order valence-corrected chi connectivity index (χ4v) is 6.41. The largest absolute Gasteiger partial charge is 0.307 e. The molecule has 32 heavy (non-hydrogen) atoms. The van der Waals surface area contributed by atoms with Crippen LogP contribution in [0.2, 0.25) is 0 Å². The fraction of sp³-hybridized carbons (Fsp3) is 0.143. The molecule has 0 saturated heterocycles. The molecular weight excluding hydrogens is 414 g/mol. The number of amides is 1. The first-order chi connectivity index (χ1) is 15.7. The SMILES string of the molecule is O=C1C[C@H](c2cccs2)[C@@]2(C(=O)N(Cc3ccccc3)c3ccccc32)c2ccccc21. The number of rotatable bonds is 3. The Labute approximate surface area is 191 Å². The zero-order chi connectivity index (χ0) is 21.7. The summed E-state index contributed by atoms with van der Waals surface area (Å²) in [7, 11) is 0. The molecule has 156 valence electrons. The van der Waals surface area contributed by atoms with Gasteiger partial charge >= 0.3 is 0 Å². The third-order valence-electron chi connectivity index (χ3n) is 6.84. The Balaban J connectivity index is 1.63. The molecule has 2 heterocycles. The minimum atomic E-state index is -0.902. The van der Waals surface area contributed by atoms with Crippen molar-refractivity contribution in [2.75, 3.05) is 4.90 Å². The van der Waals surface area contributed by atoms with Gasteiger partial charge in [0.05, 0.1) is 6.54 Å². The van der Waals surface area contributed by atoms with Crippen molar-refractivity contribution in [1.29, 1.82) is 0 Å². The molecule has 1 aliphatic heterocycles. The van der Waals surface area contributed by atoms with Gasteiger partial charge in [-0.3, -0.25) is 9.59 Å². The van der Waals surface area contributed by atoms with E-state index in [0.29, 0.717) is 18.5 Å². The number of hydrogen-bond acceptors (Lipinski definition) is 3.